The molecule has 2 N–H and O–H groups in total. The average Bonchev–Trinajstić information content (AvgIpc) is 3.15. The van der Waals surface area contributed by atoms with Crippen molar-refractivity contribution in [3.8, 4) is 0 Å². The first kappa shape index (κ1) is 23.6. The van der Waals surface area contributed by atoms with Gasteiger partial charge in [0.05, 0.1) is 21.2 Å². The van der Waals surface area contributed by atoms with E-state index < -0.39 is 0 Å². The number of nitrogens with zero attached hydrogens (tertiary/aromatic N) is 1. The van der Waals surface area contributed by atoms with Gasteiger partial charge in [0.15, 0.2) is 0 Å². The number of fused-ring (bicyclic) bond motifs is 3. The number of hydrogen-bond acceptors (Lipinski definition) is 5. The Kier molecular flexibility index (Phi) is 6.42. The zero-order valence-corrected chi connectivity index (χ0v) is 20.4. The van der Waals surface area contributed by atoms with Gasteiger partial charge in [-0.3, -0.25) is 14.9 Å². The smallest absolute Gasteiger partial charge is 0.282 e. The van der Waals surface area contributed by atoms with Gasteiger partial charge in [0.2, 0.25) is 5.91 Å². The summed E-state index contributed by atoms with van der Waals surface area (Å²) >= 11 is 8.52. The van der Waals surface area contributed by atoms with E-state index in [9.17, 15) is 19.3 Å². The Morgan fingerprint density at radius 3 is 2.63 bits per heavy atom. The Balaban J connectivity index is 1.56. The number of rotatable bonds is 5. The Labute approximate surface area is 211 Å². The van der Waals surface area contributed by atoms with Crippen LogP contribution in [0.3, 0.4) is 0 Å². The number of amides is 1. The van der Waals surface area contributed by atoms with E-state index in [1.165, 1.54) is 30.8 Å². The zero-order chi connectivity index (χ0) is 24.7. The standard InChI is InChI=1S/C26H23ClFN3O3S/c1-14(32)29-15-10-11-20-17(12-15)24-18(26(30-20)16-6-2-3-7-19(16)28)13-23(25(24)27)35-22-9-5-4-8-21(22)31(33)34/h2-12,18,23-26,30H,13H2,1H3,(H,29,32)/t18-,23+,24+,25+,26+/m1/s1. The number of carbonyl (C=O) groups excluding carboxylic acids is 1. The Hall–Kier alpha value is -3.10. The Bertz CT molecular complexity index is 1310. The number of anilines is 2. The molecule has 35 heavy (non-hydrogen) atoms. The maximum Gasteiger partial charge on any atom is 0.282 e. The molecule has 0 bridgehead atoms. The Morgan fingerprint density at radius 2 is 1.89 bits per heavy atom. The highest BCUT2D eigenvalue weighted by molar-refractivity contribution is 8.00. The number of hydrogen-bond donors (Lipinski definition) is 2. The fourth-order valence-corrected chi connectivity index (χ4v) is 7.25. The van der Waals surface area contributed by atoms with Crippen LogP contribution in [0.4, 0.5) is 21.5 Å². The van der Waals surface area contributed by atoms with E-state index in [-0.39, 0.29) is 50.8 Å². The molecule has 2 aliphatic rings. The van der Waals surface area contributed by atoms with Crippen LogP contribution in [0.25, 0.3) is 0 Å². The third-order valence-corrected chi connectivity index (χ3v) is 8.83. The number of halogens is 2. The van der Waals surface area contributed by atoms with Gasteiger partial charge in [-0.2, -0.15) is 0 Å². The number of nitrogens with one attached hydrogen (secondary N) is 2. The number of para-hydroxylation sites is 1. The molecule has 0 unspecified atom stereocenters. The summed E-state index contributed by atoms with van der Waals surface area (Å²) < 4.78 is 14.9. The van der Waals surface area contributed by atoms with Gasteiger partial charge in [-0.05, 0) is 48.2 Å². The number of thioether (sulfide) groups is 1. The van der Waals surface area contributed by atoms with Crippen molar-refractivity contribution in [3.05, 3.63) is 93.8 Å². The fraction of sp³-hybridized carbons (Fsp3) is 0.269. The summed E-state index contributed by atoms with van der Waals surface area (Å²) in [5.74, 6) is -0.641. The highest BCUT2D eigenvalue weighted by Gasteiger charge is 2.50. The number of benzene rings is 3. The van der Waals surface area contributed by atoms with Crippen LogP contribution in [0.5, 0.6) is 0 Å². The predicted octanol–water partition coefficient (Wildman–Crippen LogP) is 6.73. The molecule has 5 atom stereocenters. The lowest BCUT2D eigenvalue weighted by Gasteiger charge is -2.38. The lowest BCUT2D eigenvalue weighted by molar-refractivity contribution is -0.387. The normalized spacial score (nSPS) is 24.7. The van der Waals surface area contributed by atoms with Crippen LogP contribution in [0, 0.1) is 21.8 Å². The molecule has 1 aliphatic carbocycles. The zero-order valence-electron chi connectivity index (χ0n) is 18.8. The van der Waals surface area contributed by atoms with Crippen LogP contribution in [0.2, 0.25) is 0 Å². The number of alkyl halides is 1. The maximum absolute atomic E-state index is 14.9. The third kappa shape index (κ3) is 4.48. The van der Waals surface area contributed by atoms with Crippen molar-refractivity contribution in [2.24, 2.45) is 5.92 Å². The number of carbonyl (C=O) groups is 1. The summed E-state index contributed by atoms with van der Waals surface area (Å²) in [5, 5.41) is 17.4. The molecule has 1 fully saturated rings. The van der Waals surface area contributed by atoms with E-state index in [1.54, 1.807) is 30.3 Å². The minimum absolute atomic E-state index is 0.0465. The minimum atomic E-state index is -0.383. The topological polar surface area (TPSA) is 84.3 Å². The van der Waals surface area contributed by atoms with Gasteiger partial charge in [-0.25, -0.2) is 4.39 Å². The first-order chi connectivity index (χ1) is 16.8. The van der Waals surface area contributed by atoms with Crippen molar-refractivity contribution in [2.45, 2.75) is 40.8 Å². The van der Waals surface area contributed by atoms with Gasteiger partial charge in [0, 0.05) is 41.1 Å². The second kappa shape index (κ2) is 9.51. The lowest BCUT2D eigenvalue weighted by Crippen LogP contribution is -2.31. The molecule has 3 aromatic rings. The van der Waals surface area contributed by atoms with E-state index >= 15 is 0 Å². The van der Waals surface area contributed by atoms with Crippen molar-refractivity contribution in [1.29, 1.82) is 0 Å². The number of nitro groups is 1. The van der Waals surface area contributed by atoms with Gasteiger partial charge < -0.3 is 10.6 Å². The van der Waals surface area contributed by atoms with E-state index in [0.29, 0.717) is 22.6 Å². The monoisotopic (exact) mass is 511 g/mol. The van der Waals surface area contributed by atoms with Crippen molar-refractivity contribution < 1.29 is 14.1 Å². The van der Waals surface area contributed by atoms with Crippen LogP contribution >= 0.6 is 23.4 Å². The minimum Gasteiger partial charge on any atom is -0.378 e. The van der Waals surface area contributed by atoms with E-state index in [4.69, 9.17) is 11.6 Å². The van der Waals surface area contributed by atoms with Crippen LogP contribution in [-0.2, 0) is 4.79 Å². The van der Waals surface area contributed by atoms with Gasteiger partial charge in [0.1, 0.15) is 5.82 Å². The summed E-state index contributed by atoms with van der Waals surface area (Å²) in [6.07, 6.45) is 0.644. The first-order valence-electron chi connectivity index (χ1n) is 11.3. The summed E-state index contributed by atoms with van der Waals surface area (Å²) in [6.45, 7) is 1.45. The van der Waals surface area contributed by atoms with Crippen LogP contribution in [0.1, 0.15) is 36.4 Å². The molecule has 0 radical (unpaired) electrons. The quantitative estimate of drug-likeness (QED) is 0.225. The summed E-state index contributed by atoms with van der Waals surface area (Å²) in [5.41, 5.74) is 3.09. The SMILES string of the molecule is CC(=O)Nc1ccc2c(c1)[C@@H]1[C@@H](Cl)[C@@H](Sc3ccccc3[N+](=O)[O-])C[C@H]1[C@H](c1ccccc1F)N2. The lowest BCUT2D eigenvalue weighted by atomic mass is 9.77. The van der Waals surface area contributed by atoms with Gasteiger partial charge >= 0.3 is 0 Å². The van der Waals surface area contributed by atoms with E-state index in [0.717, 1.165) is 11.3 Å². The molecule has 180 valence electrons. The first-order valence-corrected chi connectivity index (χ1v) is 12.6. The van der Waals surface area contributed by atoms with Gasteiger partial charge in [0.25, 0.3) is 5.69 Å². The molecule has 1 aliphatic heterocycles. The molecule has 5 rings (SSSR count). The molecule has 0 aromatic heterocycles. The van der Waals surface area contributed by atoms with Crippen molar-refractivity contribution in [1.82, 2.24) is 0 Å². The summed E-state index contributed by atoms with van der Waals surface area (Å²) in [7, 11) is 0. The molecule has 1 heterocycles. The fourth-order valence-electron chi connectivity index (χ4n) is 5.30. The predicted molar refractivity (Wildman–Crippen MR) is 137 cm³/mol. The third-order valence-electron chi connectivity index (χ3n) is 6.71. The summed E-state index contributed by atoms with van der Waals surface area (Å²) in [6, 6.07) is 18.7. The molecule has 0 spiro atoms. The van der Waals surface area contributed by atoms with Gasteiger partial charge in [-0.1, -0.05) is 30.3 Å². The highest BCUT2D eigenvalue weighted by atomic mass is 35.5. The Morgan fingerprint density at radius 1 is 1.14 bits per heavy atom. The van der Waals surface area contributed by atoms with Crippen LogP contribution in [0.15, 0.2) is 71.6 Å². The van der Waals surface area contributed by atoms with Crippen molar-refractivity contribution in [2.75, 3.05) is 10.6 Å². The molecule has 1 saturated carbocycles. The highest BCUT2D eigenvalue weighted by Crippen LogP contribution is 2.58. The molecule has 0 saturated heterocycles. The average molecular weight is 512 g/mol. The van der Waals surface area contributed by atoms with Crippen molar-refractivity contribution in [3.63, 3.8) is 0 Å². The largest absolute Gasteiger partial charge is 0.378 e. The van der Waals surface area contributed by atoms with Crippen LogP contribution in [-0.4, -0.2) is 21.5 Å². The molecule has 9 heteroatoms. The second-order valence-corrected chi connectivity index (χ2v) is 10.7. The van der Waals surface area contributed by atoms with Crippen LogP contribution < -0.4 is 10.6 Å². The molecule has 1 amide bonds. The number of nitro benzene ring substituents is 1. The molecule has 6 nitrogen and oxygen atoms in total. The molecule has 3 aromatic carbocycles. The van der Waals surface area contributed by atoms with Crippen molar-refractivity contribution >= 4 is 46.3 Å². The van der Waals surface area contributed by atoms with E-state index in [2.05, 4.69) is 10.6 Å². The summed E-state index contributed by atoms with van der Waals surface area (Å²) in [4.78, 5) is 23.4. The molecular weight excluding hydrogens is 489 g/mol. The van der Waals surface area contributed by atoms with Gasteiger partial charge in [-0.15, -0.1) is 23.4 Å². The molecular formula is C26H23ClFN3O3S. The maximum atomic E-state index is 14.9. The van der Waals surface area contributed by atoms with E-state index in [1.807, 2.05) is 24.3 Å². The second-order valence-electron chi connectivity index (χ2n) is 8.88.